The molecule has 2 heterocycles. The van der Waals surface area contributed by atoms with E-state index >= 15 is 0 Å². The normalized spacial score (nSPS) is 20.5. The van der Waals surface area contributed by atoms with Crippen LogP contribution >= 0.6 is 0 Å². The lowest BCUT2D eigenvalue weighted by atomic mass is 9.94. The van der Waals surface area contributed by atoms with Crippen molar-refractivity contribution in [2.45, 2.75) is 25.3 Å². The highest BCUT2D eigenvalue weighted by Crippen LogP contribution is 2.36. The van der Waals surface area contributed by atoms with Gasteiger partial charge in [-0.15, -0.1) is 0 Å². The molecule has 25 heavy (non-hydrogen) atoms. The fourth-order valence-corrected chi connectivity index (χ4v) is 3.56. The first kappa shape index (κ1) is 16.2. The Morgan fingerprint density at radius 1 is 1.24 bits per heavy atom. The first-order valence-corrected chi connectivity index (χ1v) is 8.93. The molecule has 1 aromatic heterocycles. The van der Waals surface area contributed by atoms with Crippen molar-refractivity contribution in [1.29, 1.82) is 0 Å². The standard InChI is InChI=1S/C20H22FN3O/c21-18-4-2-1-3-16(18)15-7-8-22-12-17(15)19-13-23-9-10-24(19)20(25)11-14-5-6-14/h1-4,7-8,12,14,19,23H,5-6,9-11,13H2. The maximum Gasteiger partial charge on any atom is 0.223 e. The molecule has 1 N–H and O–H groups in total. The molecule has 1 atom stereocenters. The van der Waals surface area contributed by atoms with Gasteiger partial charge in [-0.2, -0.15) is 0 Å². The Balaban J connectivity index is 1.70. The average molecular weight is 339 g/mol. The minimum atomic E-state index is -0.255. The summed E-state index contributed by atoms with van der Waals surface area (Å²) in [5.74, 6) is 0.509. The van der Waals surface area contributed by atoms with Crippen LogP contribution in [0.2, 0.25) is 0 Å². The van der Waals surface area contributed by atoms with Crippen LogP contribution in [-0.2, 0) is 4.79 Å². The van der Waals surface area contributed by atoms with Crippen LogP contribution in [0.4, 0.5) is 4.39 Å². The van der Waals surface area contributed by atoms with E-state index in [1.165, 1.54) is 6.07 Å². The first-order chi connectivity index (χ1) is 12.2. The largest absolute Gasteiger partial charge is 0.333 e. The maximum absolute atomic E-state index is 14.3. The van der Waals surface area contributed by atoms with E-state index in [4.69, 9.17) is 0 Å². The summed E-state index contributed by atoms with van der Waals surface area (Å²) in [5.41, 5.74) is 2.27. The van der Waals surface area contributed by atoms with E-state index in [1.807, 2.05) is 17.0 Å². The molecule has 0 spiro atoms. The van der Waals surface area contributed by atoms with Crippen molar-refractivity contribution >= 4 is 5.91 Å². The smallest absolute Gasteiger partial charge is 0.223 e. The fraction of sp³-hybridized carbons (Fsp3) is 0.400. The monoisotopic (exact) mass is 339 g/mol. The highest BCUT2D eigenvalue weighted by molar-refractivity contribution is 5.78. The molecule has 1 aliphatic carbocycles. The Labute approximate surface area is 147 Å². The van der Waals surface area contributed by atoms with Crippen LogP contribution in [0.15, 0.2) is 42.7 Å². The summed E-state index contributed by atoms with van der Waals surface area (Å²) in [6.07, 6.45) is 6.41. The fourth-order valence-electron chi connectivity index (χ4n) is 3.56. The van der Waals surface area contributed by atoms with Gasteiger partial charge in [0.1, 0.15) is 5.82 Å². The summed E-state index contributed by atoms with van der Waals surface area (Å²) >= 11 is 0. The number of piperazine rings is 1. The molecule has 4 nitrogen and oxygen atoms in total. The number of carbonyl (C=O) groups is 1. The Kier molecular flexibility index (Phi) is 4.49. The second kappa shape index (κ2) is 6.92. The zero-order chi connectivity index (χ0) is 17.2. The number of pyridine rings is 1. The summed E-state index contributed by atoms with van der Waals surface area (Å²) in [5, 5.41) is 3.37. The van der Waals surface area contributed by atoms with E-state index in [0.717, 1.165) is 30.5 Å². The van der Waals surface area contributed by atoms with E-state index < -0.39 is 0 Å². The van der Waals surface area contributed by atoms with Gasteiger partial charge in [-0.05, 0) is 36.5 Å². The molecular weight excluding hydrogens is 317 g/mol. The van der Waals surface area contributed by atoms with E-state index in [9.17, 15) is 9.18 Å². The first-order valence-electron chi connectivity index (χ1n) is 8.93. The summed E-state index contributed by atoms with van der Waals surface area (Å²) in [7, 11) is 0. The van der Waals surface area contributed by atoms with Crippen LogP contribution in [0.1, 0.15) is 30.9 Å². The van der Waals surface area contributed by atoms with Gasteiger partial charge in [-0.3, -0.25) is 9.78 Å². The van der Waals surface area contributed by atoms with Gasteiger partial charge in [-0.25, -0.2) is 4.39 Å². The molecule has 1 amide bonds. The molecule has 0 bridgehead atoms. The van der Waals surface area contributed by atoms with E-state index in [-0.39, 0.29) is 17.8 Å². The van der Waals surface area contributed by atoms with Crippen LogP contribution < -0.4 is 5.32 Å². The number of nitrogens with zero attached hydrogens (tertiary/aromatic N) is 2. The van der Waals surface area contributed by atoms with Crippen LogP contribution in [0.25, 0.3) is 11.1 Å². The Morgan fingerprint density at radius 3 is 2.88 bits per heavy atom. The molecule has 1 unspecified atom stereocenters. The molecule has 5 heteroatoms. The number of carbonyl (C=O) groups excluding carboxylic acids is 1. The van der Waals surface area contributed by atoms with Crippen LogP contribution in [0, 0.1) is 11.7 Å². The number of nitrogens with one attached hydrogen (secondary N) is 1. The number of rotatable bonds is 4. The molecular formula is C20H22FN3O. The van der Waals surface area contributed by atoms with Crippen LogP contribution in [0.3, 0.4) is 0 Å². The summed E-state index contributed by atoms with van der Waals surface area (Å²) in [6, 6.07) is 8.50. The molecule has 4 rings (SSSR count). The van der Waals surface area contributed by atoms with E-state index in [2.05, 4.69) is 10.3 Å². The third-order valence-electron chi connectivity index (χ3n) is 5.10. The van der Waals surface area contributed by atoms with Gasteiger partial charge in [0.05, 0.1) is 6.04 Å². The second-order valence-corrected chi connectivity index (χ2v) is 6.90. The molecule has 2 fully saturated rings. The average Bonchev–Trinajstić information content (AvgIpc) is 3.46. The lowest BCUT2D eigenvalue weighted by molar-refractivity contribution is -0.134. The molecule has 1 saturated carbocycles. The van der Waals surface area contributed by atoms with Gasteiger partial charge in [-0.1, -0.05) is 18.2 Å². The predicted molar refractivity (Wildman–Crippen MR) is 94.3 cm³/mol. The van der Waals surface area contributed by atoms with Gasteiger partial charge in [0.15, 0.2) is 0 Å². The topological polar surface area (TPSA) is 45.2 Å². The van der Waals surface area contributed by atoms with Crippen molar-refractivity contribution in [1.82, 2.24) is 15.2 Å². The van der Waals surface area contributed by atoms with Gasteiger partial charge in [0.25, 0.3) is 0 Å². The lowest BCUT2D eigenvalue weighted by Gasteiger charge is -2.37. The highest BCUT2D eigenvalue weighted by Gasteiger charge is 2.33. The second-order valence-electron chi connectivity index (χ2n) is 6.90. The SMILES string of the molecule is O=C(CC1CC1)N1CCNCC1c1cnccc1-c1ccccc1F. The molecule has 1 saturated heterocycles. The summed E-state index contributed by atoms with van der Waals surface area (Å²) in [4.78, 5) is 19.0. The van der Waals surface area contributed by atoms with Crippen molar-refractivity contribution in [2.24, 2.45) is 5.92 Å². The van der Waals surface area contributed by atoms with Gasteiger partial charge in [0.2, 0.25) is 5.91 Å². The van der Waals surface area contributed by atoms with E-state index in [1.54, 1.807) is 24.5 Å². The molecule has 2 aliphatic rings. The Morgan fingerprint density at radius 2 is 2.08 bits per heavy atom. The highest BCUT2D eigenvalue weighted by atomic mass is 19.1. The number of benzene rings is 1. The predicted octanol–water partition coefficient (Wildman–Crippen LogP) is 3.16. The van der Waals surface area contributed by atoms with E-state index in [0.29, 0.717) is 31.0 Å². The minimum absolute atomic E-state index is 0.108. The summed E-state index contributed by atoms with van der Waals surface area (Å²) in [6.45, 7) is 2.15. The maximum atomic E-state index is 14.3. The number of hydrogen-bond donors (Lipinski definition) is 1. The zero-order valence-corrected chi connectivity index (χ0v) is 14.1. The number of halogens is 1. The van der Waals surface area contributed by atoms with Gasteiger partial charge < -0.3 is 10.2 Å². The van der Waals surface area contributed by atoms with Crippen molar-refractivity contribution in [3.05, 3.63) is 54.1 Å². The molecule has 1 aliphatic heterocycles. The van der Waals surface area contributed by atoms with Crippen LogP contribution in [-0.4, -0.2) is 35.4 Å². The zero-order valence-electron chi connectivity index (χ0n) is 14.1. The quantitative estimate of drug-likeness (QED) is 0.931. The van der Waals surface area contributed by atoms with Crippen molar-refractivity contribution in [3.8, 4) is 11.1 Å². The molecule has 130 valence electrons. The third-order valence-corrected chi connectivity index (χ3v) is 5.10. The van der Waals surface area contributed by atoms with Gasteiger partial charge >= 0.3 is 0 Å². The van der Waals surface area contributed by atoms with Gasteiger partial charge in [0, 0.05) is 49.6 Å². The number of hydrogen-bond acceptors (Lipinski definition) is 3. The number of aromatic nitrogens is 1. The Hall–Kier alpha value is -2.27. The lowest BCUT2D eigenvalue weighted by Crippen LogP contribution is -2.49. The Bertz CT molecular complexity index is 775. The number of amides is 1. The molecule has 1 aromatic carbocycles. The van der Waals surface area contributed by atoms with Crippen molar-refractivity contribution in [2.75, 3.05) is 19.6 Å². The van der Waals surface area contributed by atoms with Crippen molar-refractivity contribution in [3.63, 3.8) is 0 Å². The van der Waals surface area contributed by atoms with Crippen molar-refractivity contribution < 1.29 is 9.18 Å². The minimum Gasteiger partial charge on any atom is -0.333 e. The third kappa shape index (κ3) is 3.42. The summed E-state index contributed by atoms with van der Waals surface area (Å²) < 4.78 is 14.3. The molecule has 2 aromatic rings. The molecule has 0 radical (unpaired) electrons. The van der Waals surface area contributed by atoms with Crippen LogP contribution in [0.5, 0.6) is 0 Å².